The topological polar surface area (TPSA) is 46.1 Å². The zero-order valence-electron chi connectivity index (χ0n) is 13.1. The van der Waals surface area contributed by atoms with Gasteiger partial charge in [-0.15, -0.1) is 11.3 Å². The van der Waals surface area contributed by atoms with Gasteiger partial charge in [-0.25, -0.2) is 9.97 Å². The Hall–Kier alpha value is -1.14. The van der Waals surface area contributed by atoms with E-state index in [1.54, 1.807) is 29.4 Å². The lowest BCUT2D eigenvalue weighted by Crippen LogP contribution is -2.45. The second-order valence-corrected chi connectivity index (χ2v) is 8.40. The number of thiophene rings is 1. The lowest BCUT2D eigenvalue weighted by molar-refractivity contribution is -0.131. The van der Waals surface area contributed by atoms with E-state index in [1.165, 1.54) is 32.1 Å². The summed E-state index contributed by atoms with van der Waals surface area (Å²) in [6, 6.07) is 2.04. The first-order valence-corrected chi connectivity index (χ1v) is 10.3. The second kappa shape index (κ2) is 6.77. The van der Waals surface area contributed by atoms with Gasteiger partial charge in [0.2, 0.25) is 5.91 Å². The first-order chi connectivity index (χ1) is 11.3. The molecule has 0 aromatic carbocycles. The van der Waals surface area contributed by atoms with Gasteiger partial charge in [0.05, 0.1) is 5.75 Å². The van der Waals surface area contributed by atoms with Gasteiger partial charge in [0, 0.05) is 18.5 Å². The minimum Gasteiger partial charge on any atom is -0.342 e. The molecule has 4 rings (SSSR count). The highest BCUT2D eigenvalue weighted by Gasteiger charge is 2.32. The Balaban J connectivity index is 1.37. The molecule has 1 saturated carbocycles. The third kappa shape index (κ3) is 3.24. The molecule has 0 radical (unpaired) electrons. The van der Waals surface area contributed by atoms with E-state index in [2.05, 4.69) is 14.9 Å². The van der Waals surface area contributed by atoms with Crippen molar-refractivity contribution >= 4 is 39.2 Å². The summed E-state index contributed by atoms with van der Waals surface area (Å²) in [5.74, 6) is 2.36. The third-order valence-electron chi connectivity index (χ3n) is 5.20. The molecule has 6 heteroatoms. The van der Waals surface area contributed by atoms with Gasteiger partial charge in [0.15, 0.2) is 0 Å². The summed E-state index contributed by atoms with van der Waals surface area (Å²) >= 11 is 3.17. The molecule has 1 amide bonds. The summed E-state index contributed by atoms with van der Waals surface area (Å²) in [7, 11) is 0. The molecule has 122 valence electrons. The van der Waals surface area contributed by atoms with Gasteiger partial charge < -0.3 is 4.90 Å². The Labute approximate surface area is 144 Å². The minimum atomic E-state index is 0.265. The van der Waals surface area contributed by atoms with Crippen molar-refractivity contribution in [1.82, 2.24) is 14.9 Å². The van der Waals surface area contributed by atoms with Crippen molar-refractivity contribution in [1.29, 1.82) is 0 Å². The van der Waals surface area contributed by atoms with Crippen molar-refractivity contribution in [3.63, 3.8) is 0 Å². The van der Waals surface area contributed by atoms with Gasteiger partial charge in [-0.1, -0.05) is 31.0 Å². The molecule has 2 aliphatic rings. The zero-order chi connectivity index (χ0) is 15.6. The SMILES string of the molecule is O=C(CSc1ncnc2sccc12)N1CC[C@@H]2CCCC[C@H]2C1. The van der Waals surface area contributed by atoms with Crippen LogP contribution in [0, 0.1) is 11.8 Å². The third-order valence-corrected chi connectivity index (χ3v) is 7.01. The average Bonchev–Trinajstić information content (AvgIpc) is 3.08. The van der Waals surface area contributed by atoms with Crippen LogP contribution < -0.4 is 0 Å². The van der Waals surface area contributed by atoms with Gasteiger partial charge >= 0.3 is 0 Å². The number of rotatable bonds is 3. The fourth-order valence-corrected chi connectivity index (χ4v) is 5.61. The van der Waals surface area contributed by atoms with Crippen LogP contribution >= 0.6 is 23.1 Å². The summed E-state index contributed by atoms with van der Waals surface area (Å²) in [6.07, 6.45) is 8.20. The van der Waals surface area contributed by atoms with Crippen molar-refractivity contribution in [3.05, 3.63) is 17.8 Å². The number of hydrogen-bond donors (Lipinski definition) is 0. The zero-order valence-corrected chi connectivity index (χ0v) is 14.7. The summed E-state index contributed by atoms with van der Waals surface area (Å²) in [5.41, 5.74) is 0. The van der Waals surface area contributed by atoms with Crippen LogP contribution in [0.15, 0.2) is 22.8 Å². The van der Waals surface area contributed by atoms with Crippen LogP contribution in [0.2, 0.25) is 0 Å². The first kappa shape index (κ1) is 15.4. The van der Waals surface area contributed by atoms with E-state index in [-0.39, 0.29) is 5.91 Å². The lowest BCUT2D eigenvalue weighted by atomic mass is 9.75. The Morgan fingerprint density at radius 2 is 2.13 bits per heavy atom. The summed E-state index contributed by atoms with van der Waals surface area (Å²) < 4.78 is 0. The van der Waals surface area contributed by atoms with E-state index in [4.69, 9.17) is 0 Å². The number of aromatic nitrogens is 2. The number of amides is 1. The Kier molecular flexibility index (Phi) is 4.53. The number of piperidine rings is 1. The molecule has 2 atom stereocenters. The quantitative estimate of drug-likeness (QED) is 0.625. The molecular formula is C17H21N3OS2. The van der Waals surface area contributed by atoms with Crippen LogP contribution in [0.5, 0.6) is 0 Å². The van der Waals surface area contributed by atoms with E-state index in [0.29, 0.717) is 5.75 Å². The summed E-state index contributed by atoms with van der Waals surface area (Å²) in [5, 5.41) is 4.03. The van der Waals surface area contributed by atoms with Gasteiger partial charge in [0.25, 0.3) is 0 Å². The summed E-state index contributed by atoms with van der Waals surface area (Å²) in [4.78, 5) is 24.3. The van der Waals surface area contributed by atoms with Crippen molar-refractivity contribution < 1.29 is 4.79 Å². The number of thioether (sulfide) groups is 1. The molecule has 1 saturated heterocycles. The monoisotopic (exact) mass is 347 g/mol. The Morgan fingerprint density at radius 1 is 1.26 bits per heavy atom. The Morgan fingerprint density at radius 3 is 3.04 bits per heavy atom. The standard InChI is InChI=1S/C17H21N3OS2/c21-15(20-7-5-12-3-1-2-4-13(12)9-20)10-23-17-14-6-8-22-16(14)18-11-19-17/h6,8,11-13H,1-5,7,9-10H2/t12-,13-/m0/s1. The van der Waals surface area contributed by atoms with Gasteiger partial charge in [-0.3, -0.25) is 4.79 Å². The molecular weight excluding hydrogens is 326 g/mol. The normalized spacial score (nSPS) is 24.6. The average molecular weight is 348 g/mol. The molecule has 0 N–H and O–H groups in total. The van der Waals surface area contributed by atoms with Gasteiger partial charge in [-0.05, 0) is 36.1 Å². The van der Waals surface area contributed by atoms with E-state index in [1.807, 2.05) is 11.4 Å². The van der Waals surface area contributed by atoms with Crippen molar-refractivity contribution in [2.45, 2.75) is 37.1 Å². The molecule has 23 heavy (non-hydrogen) atoms. The summed E-state index contributed by atoms with van der Waals surface area (Å²) in [6.45, 7) is 1.92. The minimum absolute atomic E-state index is 0.265. The van der Waals surface area contributed by atoms with Crippen molar-refractivity contribution in [2.24, 2.45) is 11.8 Å². The molecule has 2 aromatic rings. The molecule has 4 nitrogen and oxygen atoms in total. The van der Waals surface area contributed by atoms with Crippen LogP contribution in [0.3, 0.4) is 0 Å². The van der Waals surface area contributed by atoms with Crippen molar-refractivity contribution in [3.8, 4) is 0 Å². The fraction of sp³-hybridized carbons (Fsp3) is 0.588. The maximum absolute atomic E-state index is 12.6. The van der Waals surface area contributed by atoms with Crippen LogP contribution in [-0.4, -0.2) is 39.6 Å². The molecule has 1 aliphatic carbocycles. The number of carbonyl (C=O) groups excluding carboxylic acids is 1. The lowest BCUT2D eigenvalue weighted by Gasteiger charge is -2.41. The highest BCUT2D eigenvalue weighted by atomic mass is 32.2. The molecule has 2 aromatic heterocycles. The second-order valence-electron chi connectivity index (χ2n) is 6.54. The van der Waals surface area contributed by atoms with Crippen LogP contribution in [0.1, 0.15) is 32.1 Å². The van der Waals surface area contributed by atoms with Crippen molar-refractivity contribution in [2.75, 3.05) is 18.8 Å². The highest BCUT2D eigenvalue weighted by Crippen LogP contribution is 2.36. The fourth-order valence-electron chi connectivity index (χ4n) is 3.93. The van der Waals surface area contributed by atoms with Gasteiger partial charge in [0.1, 0.15) is 16.2 Å². The number of hydrogen-bond acceptors (Lipinski definition) is 5. The predicted octanol–water partition coefficient (Wildman–Crippen LogP) is 3.82. The van der Waals surface area contributed by atoms with Crippen LogP contribution in [0.4, 0.5) is 0 Å². The molecule has 0 bridgehead atoms. The van der Waals surface area contributed by atoms with Gasteiger partial charge in [-0.2, -0.15) is 0 Å². The number of nitrogens with zero attached hydrogens (tertiary/aromatic N) is 3. The Bertz CT molecular complexity index is 702. The van der Waals surface area contributed by atoms with E-state index < -0.39 is 0 Å². The molecule has 0 unspecified atom stereocenters. The predicted molar refractivity (Wildman–Crippen MR) is 94.8 cm³/mol. The molecule has 1 aliphatic heterocycles. The molecule has 3 heterocycles. The number of carbonyl (C=O) groups is 1. The molecule has 0 spiro atoms. The smallest absolute Gasteiger partial charge is 0.232 e. The van der Waals surface area contributed by atoms with Crippen LogP contribution in [0.25, 0.3) is 10.2 Å². The maximum Gasteiger partial charge on any atom is 0.232 e. The molecule has 2 fully saturated rings. The number of fused-ring (bicyclic) bond motifs is 2. The van der Waals surface area contributed by atoms with Crippen LogP contribution in [-0.2, 0) is 4.79 Å². The largest absolute Gasteiger partial charge is 0.342 e. The van der Waals surface area contributed by atoms with E-state index >= 15 is 0 Å². The number of likely N-dealkylation sites (tertiary alicyclic amines) is 1. The maximum atomic E-state index is 12.6. The van der Waals surface area contributed by atoms with E-state index in [0.717, 1.165) is 40.2 Å². The van der Waals surface area contributed by atoms with E-state index in [9.17, 15) is 4.79 Å². The first-order valence-electron chi connectivity index (χ1n) is 8.40. The highest BCUT2D eigenvalue weighted by molar-refractivity contribution is 8.00.